The third-order valence-corrected chi connectivity index (χ3v) is 3.24. The lowest BCUT2D eigenvalue weighted by Crippen LogP contribution is -2.13. The number of halogens is 1. The summed E-state index contributed by atoms with van der Waals surface area (Å²) in [5.74, 6) is 0.843. The Bertz CT molecular complexity index is 617. The van der Waals surface area contributed by atoms with E-state index in [1.54, 1.807) is 32.5 Å². The first-order chi connectivity index (χ1) is 10.2. The van der Waals surface area contributed by atoms with E-state index in [1.807, 2.05) is 13.0 Å². The minimum absolute atomic E-state index is 0.359. The summed E-state index contributed by atoms with van der Waals surface area (Å²) in [6.45, 7) is 3.47. The van der Waals surface area contributed by atoms with Crippen LogP contribution in [0.25, 0.3) is 11.1 Å². The van der Waals surface area contributed by atoms with E-state index in [0.717, 1.165) is 17.7 Å². The minimum atomic E-state index is -0.359. The largest absolute Gasteiger partial charge is 0.493 e. The zero-order valence-corrected chi connectivity index (χ0v) is 12.4. The standard InChI is InChI=1S/C16H19FN2O2/c1-4-18-9-11-7-15(20-2)16(21-3)8-13(11)12-5-6-19-10-14(12)17/h5-8,10,18H,4,9H2,1-3H3. The summed E-state index contributed by atoms with van der Waals surface area (Å²) in [7, 11) is 3.15. The van der Waals surface area contributed by atoms with Gasteiger partial charge in [-0.2, -0.15) is 0 Å². The molecule has 1 aromatic heterocycles. The molecule has 1 heterocycles. The lowest BCUT2D eigenvalue weighted by molar-refractivity contribution is 0.354. The van der Waals surface area contributed by atoms with Gasteiger partial charge in [0.25, 0.3) is 0 Å². The first kappa shape index (κ1) is 15.3. The first-order valence-corrected chi connectivity index (χ1v) is 6.76. The van der Waals surface area contributed by atoms with Crippen LogP contribution in [-0.2, 0) is 6.54 Å². The van der Waals surface area contributed by atoms with Crippen molar-refractivity contribution in [3.63, 3.8) is 0 Å². The lowest BCUT2D eigenvalue weighted by Gasteiger charge is -2.15. The Hall–Kier alpha value is -2.14. The van der Waals surface area contributed by atoms with Gasteiger partial charge in [-0.25, -0.2) is 4.39 Å². The van der Waals surface area contributed by atoms with Gasteiger partial charge >= 0.3 is 0 Å². The number of nitrogens with zero attached hydrogens (tertiary/aromatic N) is 1. The van der Waals surface area contributed by atoms with E-state index in [4.69, 9.17) is 9.47 Å². The van der Waals surface area contributed by atoms with Crippen molar-refractivity contribution in [1.82, 2.24) is 10.3 Å². The van der Waals surface area contributed by atoms with Gasteiger partial charge in [0, 0.05) is 18.3 Å². The quantitative estimate of drug-likeness (QED) is 0.888. The van der Waals surface area contributed by atoms with Gasteiger partial charge in [0.15, 0.2) is 11.5 Å². The monoisotopic (exact) mass is 290 g/mol. The maximum absolute atomic E-state index is 14.0. The highest BCUT2D eigenvalue weighted by Crippen LogP contribution is 2.36. The molecule has 2 aromatic rings. The number of hydrogen-bond donors (Lipinski definition) is 1. The highest BCUT2D eigenvalue weighted by Gasteiger charge is 2.15. The lowest BCUT2D eigenvalue weighted by atomic mass is 9.99. The molecule has 0 radical (unpaired) electrons. The first-order valence-electron chi connectivity index (χ1n) is 6.76. The fourth-order valence-corrected chi connectivity index (χ4v) is 2.17. The summed E-state index contributed by atoms with van der Waals surface area (Å²) < 4.78 is 24.7. The fourth-order valence-electron chi connectivity index (χ4n) is 2.17. The summed E-state index contributed by atoms with van der Waals surface area (Å²) in [5, 5.41) is 3.25. The summed E-state index contributed by atoms with van der Waals surface area (Å²) in [6.07, 6.45) is 2.79. The molecule has 4 nitrogen and oxygen atoms in total. The summed E-state index contributed by atoms with van der Waals surface area (Å²) in [4.78, 5) is 3.79. The Morgan fingerprint density at radius 1 is 1.14 bits per heavy atom. The van der Waals surface area contributed by atoms with E-state index in [-0.39, 0.29) is 5.82 Å². The van der Waals surface area contributed by atoms with Crippen LogP contribution in [0.4, 0.5) is 4.39 Å². The number of rotatable bonds is 6. The second-order valence-electron chi connectivity index (χ2n) is 4.50. The summed E-state index contributed by atoms with van der Waals surface area (Å²) in [5.41, 5.74) is 2.21. The van der Waals surface area contributed by atoms with Gasteiger partial charge in [-0.05, 0) is 35.9 Å². The molecule has 0 aliphatic rings. The van der Waals surface area contributed by atoms with Crippen molar-refractivity contribution in [2.45, 2.75) is 13.5 Å². The predicted molar refractivity (Wildman–Crippen MR) is 80.1 cm³/mol. The van der Waals surface area contributed by atoms with E-state index in [9.17, 15) is 4.39 Å². The number of methoxy groups -OCH3 is 2. The van der Waals surface area contributed by atoms with Crippen LogP contribution < -0.4 is 14.8 Å². The summed E-state index contributed by atoms with van der Waals surface area (Å²) in [6, 6.07) is 5.33. The number of ether oxygens (including phenoxy) is 2. The van der Waals surface area contributed by atoms with Crippen LogP contribution in [0.2, 0.25) is 0 Å². The van der Waals surface area contributed by atoms with Crippen molar-refractivity contribution in [2.24, 2.45) is 0 Å². The average molecular weight is 290 g/mol. The molecule has 1 aromatic carbocycles. The maximum atomic E-state index is 14.0. The van der Waals surface area contributed by atoms with Crippen LogP contribution in [0.3, 0.4) is 0 Å². The normalized spacial score (nSPS) is 10.5. The van der Waals surface area contributed by atoms with E-state index in [1.165, 1.54) is 6.20 Å². The molecule has 0 fully saturated rings. The predicted octanol–water partition coefficient (Wildman–Crippen LogP) is 3.01. The molecule has 0 aliphatic heterocycles. The van der Waals surface area contributed by atoms with Crippen LogP contribution in [-0.4, -0.2) is 25.7 Å². The molecule has 5 heteroatoms. The van der Waals surface area contributed by atoms with Gasteiger partial charge in [-0.15, -0.1) is 0 Å². The Kier molecular flexibility index (Phi) is 5.11. The van der Waals surface area contributed by atoms with Crippen molar-refractivity contribution in [3.8, 4) is 22.6 Å². The molecule has 0 atom stereocenters. The molecule has 0 saturated heterocycles. The second-order valence-corrected chi connectivity index (χ2v) is 4.50. The Balaban J connectivity index is 2.58. The van der Waals surface area contributed by atoms with E-state index >= 15 is 0 Å². The minimum Gasteiger partial charge on any atom is -0.493 e. The van der Waals surface area contributed by atoms with Gasteiger partial charge < -0.3 is 14.8 Å². The molecule has 0 saturated carbocycles. The van der Waals surface area contributed by atoms with Crippen molar-refractivity contribution < 1.29 is 13.9 Å². The number of nitrogens with one attached hydrogen (secondary N) is 1. The van der Waals surface area contributed by atoms with Gasteiger partial charge in [0.2, 0.25) is 0 Å². The molecule has 0 unspecified atom stereocenters. The van der Waals surface area contributed by atoms with Crippen LogP contribution in [0.5, 0.6) is 11.5 Å². The average Bonchev–Trinajstić information content (AvgIpc) is 2.52. The van der Waals surface area contributed by atoms with Gasteiger partial charge in [0.1, 0.15) is 5.82 Å². The second kappa shape index (κ2) is 7.04. The van der Waals surface area contributed by atoms with Gasteiger partial charge in [0.05, 0.1) is 20.4 Å². The van der Waals surface area contributed by atoms with Crippen LogP contribution in [0, 0.1) is 5.82 Å². The summed E-state index contributed by atoms with van der Waals surface area (Å²) >= 11 is 0. The van der Waals surface area contributed by atoms with Crippen LogP contribution in [0.1, 0.15) is 12.5 Å². The zero-order chi connectivity index (χ0) is 15.2. The SMILES string of the molecule is CCNCc1cc(OC)c(OC)cc1-c1ccncc1F. The van der Waals surface area contributed by atoms with E-state index < -0.39 is 0 Å². The molecule has 0 amide bonds. The Morgan fingerprint density at radius 3 is 2.48 bits per heavy atom. The fraction of sp³-hybridized carbons (Fsp3) is 0.312. The molecule has 112 valence electrons. The highest BCUT2D eigenvalue weighted by atomic mass is 19.1. The number of aromatic nitrogens is 1. The Morgan fingerprint density at radius 2 is 1.86 bits per heavy atom. The molecule has 0 bridgehead atoms. The van der Waals surface area contributed by atoms with Crippen LogP contribution in [0.15, 0.2) is 30.6 Å². The smallest absolute Gasteiger partial charge is 0.161 e. The Labute approximate surface area is 123 Å². The van der Waals surface area contributed by atoms with Gasteiger partial charge in [-0.1, -0.05) is 6.92 Å². The molecule has 2 rings (SSSR count). The van der Waals surface area contributed by atoms with Crippen molar-refractivity contribution in [2.75, 3.05) is 20.8 Å². The van der Waals surface area contributed by atoms with E-state index in [0.29, 0.717) is 23.6 Å². The number of hydrogen-bond acceptors (Lipinski definition) is 4. The van der Waals surface area contributed by atoms with Crippen molar-refractivity contribution in [1.29, 1.82) is 0 Å². The molecule has 1 N–H and O–H groups in total. The van der Waals surface area contributed by atoms with E-state index in [2.05, 4.69) is 10.3 Å². The molecule has 0 aliphatic carbocycles. The van der Waals surface area contributed by atoms with Gasteiger partial charge in [-0.3, -0.25) is 4.98 Å². The number of pyridine rings is 1. The highest BCUT2D eigenvalue weighted by molar-refractivity contribution is 5.71. The molecular formula is C16H19FN2O2. The number of benzene rings is 1. The van der Waals surface area contributed by atoms with Crippen molar-refractivity contribution in [3.05, 3.63) is 42.0 Å². The topological polar surface area (TPSA) is 43.4 Å². The molecule has 0 spiro atoms. The van der Waals surface area contributed by atoms with Crippen LogP contribution >= 0.6 is 0 Å². The third kappa shape index (κ3) is 3.31. The third-order valence-electron chi connectivity index (χ3n) is 3.24. The maximum Gasteiger partial charge on any atom is 0.161 e. The molecule has 21 heavy (non-hydrogen) atoms. The zero-order valence-electron chi connectivity index (χ0n) is 12.4. The molecular weight excluding hydrogens is 271 g/mol. The van der Waals surface area contributed by atoms with Crippen molar-refractivity contribution >= 4 is 0 Å².